The normalized spacial score (nSPS) is 11.9. The lowest BCUT2D eigenvalue weighted by molar-refractivity contribution is -0.117. The first-order valence-corrected chi connectivity index (χ1v) is 4.74. The molecule has 0 fully saturated rings. The predicted octanol–water partition coefficient (Wildman–Crippen LogP) is 0.766. The van der Waals surface area contributed by atoms with Crippen molar-refractivity contribution in [2.75, 3.05) is 12.4 Å². The van der Waals surface area contributed by atoms with Crippen LogP contribution in [-0.4, -0.2) is 24.0 Å². The second-order valence-corrected chi connectivity index (χ2v) is 3.09. The maximum absolute atomic E-state index is 11.4. The van der Waals surface area contributed by atoms with E-state index in [1.807, 2.05) is 6.92 Å². The van der Waals surface area contributed by atoms with E-state index in [4.69, 9.17) is 10.5 Å². The van der Waals surface area contributed by atoms with E-state index >= 15 is 0 Å². The van der Waals surface area contributed by atoms with Gasteiger partial charge in [0.15, 0.2) is 0 Å². The smallest absolute Gasteiger partial charge is 0.241 e. The van der Waals surface area contributed by atoms with Crippen molar-refractivity contribution in [1.82, 2.24) is 4.98 Å². The number of nitrogens with zero attached hydrogens (tertiary/aromatic N) is 1. The van der Waals surface area contributed by atoms with Crippen molar-refractivity contribution in [2.24, 2.45) is 5.73 Å². The van der Waals surface area contributed by atoms with Crippen LogP contribution >= 0.6 is 0 Å². The highest BCUT2D eigenvalue weighted by atomic mass is 16.5. The Balaban J connectivity index is 2.61. The van der Waals surface area contributed by atoms with Crippen LogP contribution in [0.15, 0.2) is 18.3 Å². The summed E-state index contributed by atoms with van der Waals surface area (Å²) in [6, 6.07) is 2.91. The van der Waals surface area contributed by atoms with Crippen LogP contribution in [0.4, 0.5) is 5.69 Å². The number of carbonyl (C=O) groups excluding carboxylic acids is 1. The van der Waals surface area contributed by atoms with Gasteiger partial charge in [0.25, 0.3) is 0 Å². The Bertz CT molecular complexity index is 324. The molecule has 5 heteroatoms. The summed E-state index contributed by atoms with van der Waals surface area (Å²) >= 11 is 0. The van der Waals surface area contributed by atoms with Gasteiger partial charge in [0.05, 0.1) is 25.0 Å². The molecule has 1 amide bonds. The van der Waals surface area contributed by atoms with Crippen LogP contribution in [0.3, 0.4) is 0 Å². The number of aromatic nitrogens is 1. The average molecular weight is 209 g/mol. The molecule has 3 N–H and O–H groups in total. The molecule has 1 aromatic heterocycles. The van der Waals surface area contributed by atoms with Crippen molar-refractivity contribution in [3.05, 3.63) is 18.3 Å². The van der Waals surface area contributed by atoms with Crippen LogP contribution in [-0.2, 0) is 4.79 Å². The molecular formula is C10H15N3O2. The number of rotatable bonds is 4. The van der Waals surface area contributed by atoms with E-state index in [0.717, 1.165) is 0 Å². The van der Waals surface area contributed by atoms with Crippen LogP contribution < -0.4 is 15.8 Å². The number of nitrogens with one attached hydrogen (secondary N) is 1. The van der Waals surface area contributed by atoms with Crippen molar-refractivity contribution in [3.63, 3.8) is 0 Å². The first-order chi connectivity index (χ1) is 7.17. The maximum Gasteiger partial charge on any atom is 0.241 e. The molecule has 1 rings (SSSR count). The molecule has 0 aromatic carbocycles. The zero-order chi connectivity index (χ0) is 11.3. The molecule has 1 heterocycles. The number of ether oxygens (including phenoxy) is 1. The molecule has 0 bridgehead atoms. The number of hydrogen-bond donors (Lipinski definition) is 2. The fraction of sp³-hybridized carbons (Fsp3) is 0.400. The van der Waals surface area contributed by atoms with Crippen molar-refractivity contribution >= 4 is 11.6 Å². The third-order valence-corrected chi connectivity index (χ3v) is 1.99. The Hall–Kier alpha value is -1.62. The van der Waals surface area contributed by atoms with Crippen LogP contribution in [0.1, 0.15) is 13.3 Å². The standard InChI is InChI=1S/C10H15N3O2/c1-3-8(11)10(14)13-7-4-5-9(15-2)12-6-7/h4-6,8H,3,11H2,1-2H3,(H,13,14)/t8-/m0/s1. The molecule has 15 heavy (non-hydrogen) atoms. The Kier molecular flexibility index (Phi) is 4.05. The van der Waals surface area contributed by atoms with E-state index in [0.29, 0.717) is 18.0 Å². The van der Waals surface area contributed by atoms with Gasteiger partial charge in [-0.2, -0.15) is 0 Å². The number of amides is 1. The van der Waals surface area contributed by atoms with E-state index in [9.17, 15) is 4.79 Å². The Morgan fingerprint density at radius 2 is 2.40 bits per heavy atom. The molecule has 0 spiro atoms. The van der Waals surface area contributed by atoms with Gasteiger partial charge in [-0.05, 0) is 12.5 Å². The van der Waals surface area contributed by atoms with Gasteiger partial charge < -0.3 is 15.8 Å². The molecule has 5 nitrogen and oxygen atoms in total. The first-order valence-electron chi connectivity index (χ1n) is 4.74. The minimum absolute atomic E-state index is 0.204. The summed E-state index contributed by atoms with van der Waals surface area (Å²) in [6.07, 6.45) is 2.13. The van der Waals surface area contributed by atoms with Crippen LogP contribution in [0.5, 0.6) is 5.88 Å². The summed E-state index contributed by atoms with van der Waals surface area (Å²) < 4.78 is 4.89. The predicted molar refractivity (Wildman–Crippen MR) is 57.7 cm³/mol. The minimum atomic E-state index is -0.480. The minimum Gasteiger partial charge on any atom is -0.481 e. The second kappa shape index (κ2) is 5.31. The van der Waals surface area contributed by atoms with Gasteiger partial charge in [-0.15, -0.1) is 0 Å². The van der Waals surface area contributed by atoms with Gasteiger partial charge in [0.1, 0.15) is 0 Å². The number of carbonyl (C=O) groups is 1. The van der Waals surface area contributed by atoms with E-state index in [-0.39, 0.29) is 5.91 Å². The van der Waals surface area contributed by atoms with Gasteiger partial charge in [-0.3, -0.25) is 4.79 Å². The van der Waals surface area contributed by atoms with Gasteiger partial charge in [-0.25, -0.2) is 4.98 Å². The quantitative estimate of drug-likeness (QED) is 0.767. The first kappa shape index (κ1) is 11.5. The highest BCUT2D eigenvalue weighted by molar-refractivity contribution is 5.94. The van der Waals surface area contributed by atoms with Gasteiger partial charge in [0, 0.05) is 6.07 Å². The fourth-order valence-electron chi connectivity index (χ4n) is 0.995. The van der Waals surface area contributed by atoms with E-state index < -0.39 is 6.04 Å². The summed E-state index contributed by atoms with van der Waals surface area (Å²) in [6.45, 7) is 1.86. The maximum atomic E-state index is 11.4. The molecule has 0 unspecified atom stereocenters. The summed E-state index contributed by atoms with van der Waals surface area (Å²) in [4.78, 5) is 15.4. The van der Waals surface area contributed by atoms with E-state index in [1.165, 1.54) is 13.3 Å². The summed E-state index contributed by atoms with van der Waals surface area (Å²) in [5.41, 5.74) is 6.18. The highest BCUT2D eigenvalue weighted by Gasteiger charge is 2.10. The molecule has 82 valence electrons. The van der Waals surface area contributed by atoms with Crippen LogP contribution in [0.2, 0.25) is 0 Å². The number of hydrogen-bond acceptors (Lipinski definition) is 4. The lowest BCUT2D eigenvalue weighted by Crippen LogP contribution is -2.34. The molecule has 0 aliphatic heterocycles. The molecule has 0 saturated carbocycles. The van der Waals surface area contributed by atoms with E-state index in [1.54, 1.807) is 12.1 Å². The average Bonchev–Trinajstić information content (AvgIpc) is 2.29. The van der Waals surface area contributed by atoms with Crippen molar-refractivity contribution in [2.45, 2.75) is 19.4 Å². The molecule has 1 aromatic rings. The number of anilines is 1. The van der Waals surface area contributed by atoms with Crippen molar-refractivity contribution in [3.8, 4) is 5.88 Å². The number of pyridine rings is 1. The number of nitrogens with two attached hydrogens (primary N) is 1. The Morgan fingerprint density at radius 1 is 1.67 bits per heavy atom. The summed E-state index contributed by atoms with van der Waals surface area (Å²) in [5, 5.41) is 2.66. The zero-order valence-electron chi connectivity index (χ0n) is 8.86. The lowest BCUT2D eigenvalue weighted by Gasteiger charge is -2.09. The third kappa shape index (κ3) is 3.21. The third-order valence-electron chi connectivity index (χ3n) is 1.99. The summed E-state index contributed by atoms with van der Waals surface area (Å²) in [5.74, 6) is 0.303. The topological polar surface area (TPSA) is 77.2 Å². The SMILES string of the molecule is CC[C@H](N)C(=O)Nc1ccc(OC)nc1. The van der Waals surface area contributed by atoms with Crippen LogP contribution in [0.25, 0.3) is 0 Å². The largest absolute Gasteiger partial charge is 0.481 e. The van der Waals surface area contributed by atoms with Gasteiger partial charge in [-0.1, -0.05) is 6.92 Å². The molecule has 1 atom stereocenters. The number of methoxy groups -OCH3 is 1. The van der Waals surface area contributed by atoms with Gasteiger partial charge >= 0.3 is 0 Å². The Morgan fingerprint density at radius 3 is 2.87 bits per heavy atom. The monoisotopic (exact) mass is 209 g/mol. The van der Waals surface area contributed by atoms with Crippen LogP contribution in [0, 0.1) is 0 Å². The highest BCUT2D eigenvalue weighted by Crippen LogP contribution is 2.11. The molecule has 0 aliphatic rings. The molecular weight excluding hydrogens is 194 g/mol. The van der Waals surface area contributed by atoms with E-state index in [2.05, 4.69) is 10.3 Å². The lowest BCUT2D eigenvalue weighted by atomic mass is 10.2. The fourth-order valence-corrected chi connectivity index (χ4v) is 0.995. The van der Waals surface area contributed by atoms with Crippen molar-refractivity contribution < 1.29 is 9.53 Å². The molecule has 0 saturated heterocycles. The second-order valence-electron chi connectivity index (χ2n) is 3.09. The summed E-state index contributed by atoms with van der Waals surface area (Å²) in [7, 11) is 1.54. The molecule has 0 aliphatic carbocycles. The Labute approximate surface area is 88.6 Å². The van der Waals surface area contributed by atoms with Crippen molar-refractivity contribution in [1.29, 1.82) is 0 Å². The van der Waals surface area contributed by atoms with Gasteiger partial charge in [0.2, 0.25) is 11.8 Å². The molecule has 0 radical (unpaired) electrons. The zero-order valence-corrected chi connectivity index (χ0v) is 8.86.